The van der Waals surface area contributed by atoms with Crippen molar-refractivity contribution in [3.8, 4) is 16.9 Å². The summed E-state index contributed by atoms with van der Waals surface area (Å²) in [7, 11) is 0. The third kappa shape index (κ3) is 5.73. The number of fused-ring (bicyclic) bond motifs is 1. The fraction of sp³-hybridized carbons (Fsp3) is 0.375. The monoisotopic (exact) mass is 561 g/mol. The van der Waals surface area contributed by atoms with Gasteiger partial charge in [-0.1, -0.05) is 35.9 Å². The molecule has 6 rings (SSSR count). The topological polar surface area (TPSA) is 85.3 Å². The van der Waals surface area contributed by atoms with Crippen LogP contribution in [0.1, 0.15) is 70.4 Å². The van der Waals surface area contributed by atoms with E-state index in [2.05, 4.69) is 0 Å². The van der Waals surface area contributed by atoms with Gasteiger partial charge in [0.2, 0.25) is 0 Å². The molecule has 0 aromatic heterocycles. The van der Waals surface area contributed by atoms with Gasteiger partial charge >= 0.3 is 5.97 Å². The molecule has 3 unspecified atom stereocenters. The number of benzene rings is 3. The molecule has 1 saturated heterocycles. The van der Waals surface area contributed by atoms with Crippen LogP contribution >= 0.6 is 11.6 Å². The molecule has 3 aromatic carbocycles. The summed E-state index contributed by atoms with van der Waals surface area (Å²) in [4.78, 5) is 26.7. The van der Waals surface area contributed by atoms with Gasteiger partial charge in [0.05, 0.1) is 16.7 Å². The Morgan fingerprint density at radius 3 is 2.73 bits per heavy atom. The predicted octanol–water partition coefficient (Wildman–Crippen LogP) is 6.70. The maximum absolute atomic E-state index is 13.2. The van der Waals surface area contributed by atoms with E-state index in [1.807, 2.05) is 47.4 Å². The zero-order chi connectivity index (χ0) is 27.6. The molecule has 1 N–H and O–H groups in total. The number of carbonyl (C=O) groups is 2. The van der Waals surface area contributed by atoms with Crippen LogP contribution < -0.4 is 4.74 Å². The van der Waals surface area contributed by atoms with Crippen LogP contribution in [-0.4, -0.2) is 46.9 Å². The van der Waals surface area contributed by atoms with E-state index >= 15 is 0 Å². The maximum Gasteiger partial charge on any atom is 0.337 e. The Hall–Kier alpha value is -3.39. The molecule has 1 saturated carbocycles. The highest BCUT2D eigenvalue weighted by molar-refractivity contribution is 6.33. The number of hydrogen-bond donors (Lipinski definition) is 1. The first kappa shape index (κ1) is 26.8. The van der Waals surface area contributed by atoms with Gasteiger partial charge in [0, 0.05) is 24.8 Å². The van der Waals surface area contributed by atoms with Crippen molar-refractivity contribution in [2.75, 3.05) is 6.61 Å². The van der Waals surface area contributed by atoms with Crippen LogP contribution in [0.15, 0.2) is 60.7 Å². The molecule has 3 aliphatic rings. The Balaban J connectivity index is 1.08. The third-order valence-electron chi connectivity index (χ3n) is 8.05. The van der Waals surface area contributed by atoms with E-state index in [9.17, 15) is 14.7 Å². The molecule has 208 valence electrons. The fourth-order valence-corrected chi connectivity index (χ4v) is 6.14. The van der Waals surface area contributed by atoms with Gasteiger partial charge in [-0.15, -0.1) is 0 Å². The largest absolute Gasteiger partial charge is 0.489 e. The lowest BCUT2D eigenvalue weighted by molar-refractivity contribution is -0.186. The number of amides is 1. The minimum absolute atomic E-state index is 0.0708. The highest BCUT2D eigenvalue weighted by Gasteiger charge is 2.38. The summed E-state index contributed by atoms with van der Waals surface area (Å²) >= 11 is 6.03. The number of ether oxygens (including phenoxy) is 3. The lowest BCUT2D eigenvalue weighted by Crippen LogP contribution is -2.34. The normalized spacial score (nSPS) is 22.4. The maximum atomic E-state index is 13.2. The molecular weight excluding hydrogens is 530 g/mol. The fourth-order valence-electron chi connectivity index (χ4n) is 5.94. The van der Waals surface area contributed by atoms with Crippen LogP contribution in [0.5, 0.6) is 5.75 Å². The summed E-state index contributed by atoms with van der Waals surface area (Å²) in [6.07, 6.45) is 5.98. The van der Waals surface area contributed by atoms with Gasteiger partial charge < -0.3 is 24.2 Å². The van der Waals surface area contributed by atoms with Crippen molar-refractivity contribution in [2.45, 2.75) is 70.1 Å². The van der Waals surface area contributed by atoms with Crippen LogP contribution in [0.3, 0.4) is 0 Å². The summed E-state index contributed by atoms with van der Waals surface area (Å²) < 4.78 is 18.0. The molecule has 0 radical (unpaired) electrons. The number of carboxylic acid groups (broad SMARTS) is 1. The second-order valence-corrected chi connectivity index (χ2v) is 11.2. The first-order valence-corrected chi connectivity index (χ1v) is 14.3. The molecule has 7 nitrogen and oxygen atoms in total. The quantitative estimate of drug-likeness (QED) is 0.329. The number of aromatic carboxylic acids is 1. The van der Waals surface area contributed by atoms with E-state index in [-0.39, 0.29) is 34.9 Å². The lowest BCUT2D eigenvalue weighted by Gasteiger charge is -2.27. The van der Waals surface area contributed by atoms with Crippen LogP contribution in [0.25, 0.3) is 11.1 Å². The molecular formula is C32H32ClNO6. The number of nitrogens with zero attached hydrogens (tertiary/aromatic N) is 1. The molecule has 1 amide bonds. The van der Waals surface area contributed by atoms with Crippen molar-refractivity contribution in [3.05, 3.63) is 87.9 Å². The minimum atomic E-state index is -1.06. The van der Waals surface area contributed by atoms with Crippen molar-refractivity contribution < 1.29 is 28.9 Å². The number of rotatable bonds is 8. The molecule has 3 atom stereocenters. The van der Waals surface area contributed by atoms with E-state index in [0.29, 0.717) is 18.9 Å². The Morgan fingerprint density at radius 1 is 1.02 bits per heavy atom. The Bertz CT molecular complexity index is 1420. The van der Waals surface area contributed by atoms with Gasteiger partial charge in [-0.2, -0.15) is 0 Å². The molecule has 1 aliphatic carbocycles. The molecule has 2 fully saturated rings. The van der Waals surface area contributed by atoms with Crippen molar-refractivity contribution in [3.63, 3.8) is 0 Å². The zero-order valence-corrected chi connectivity index (χ0v) is 22.9. The summed E-state index contributed by atoms with van der Waals surface area (Å²) in [5.41, 5.74) is 4.39. The number of hydrogen-bond acceptors (Lipinski definition) is 5. The zero-order valence-electron chi connectivity index (χ0n) is 22.2. The van der Waals surface area contributed by atoms with E-state index in [0.717, 1.165) is 72.9 Å². The van der Waals surface area contributed by atoms with Gasteiger partial charge in [-0.25, -0.2) is 4.79 Å². The first-order valence-electron chi connectivity index (χ1n) is 13.9. The average Bonchev–Trinajstić information content (AvgIpc) is 3.56. The Morgan fingerprint density at radius 2 is 1.90 bits per heavy atom. The standard InChI is InChI=1S/C32H32ClNO6/c33-29-12-7-22(16-28(29)32(36)37)21-5-3-4-20(14-21)19-39-25-10-11-27-23(15-25)18-34(31(27)35)24-8-9-26(17-24)40-30-6-1-2-13-38-30/h3-5,7,10-12,14-16,24,26,30H,1-2,6,8-9,13,17-19H2,(H,36,37). The highest BCUT2D eigenvalue weighted by atomic mass is 35.5. The Labute approximate surface area is 238 Å². The summed E-state index contributed by atoms with van der Waals surface area (Å²) in [6.45, 7) is 1.70. The van der Waals surface area contributed by atoms with Crippen LogP contribution in [0.2, 0.25) is 5.02 Å². The summed E-state index contributed by atoms with van der Waals surface area (Å²) in [6, 6.07) is 18.6. The molecule has 3 aromatic rings. The number of carbonyl (C=O) groups excluding carboxylic acids is 1. The predicted molar refractivity (Wildman–Crippen MR) is 151 cm³/mol. The summed E-state index contributed by atoms with van der Waals surface area (Å²) in [5.74, 6) is -0.270. The molecule has 2 heterocycles. The number of halogens is 1. The second-order valence-electron chi connectivity index (χ2n) is 10.8. The van der Waals surface area contributed by atoms with Gasteiger partial charge in [0.1, 0.15) is 12.4 Å². The minimum Gasteiger partial charge on any atom is -0.489 e. The van der Waals surface area contributed by atoms with E-state index in [1.54, 1.807) is 18.2 Å². The lowest BCUT2D eigenvalue weighted by atomic mass is 10.0. The molecule has 0 bridgehead atoms. The molecule has 0 spiro atoms. The van der Waals surface area contributed by atoms with Crippen molar-refractivity contribution in [1.82, 2.24) is 4.90 Å². The molecule has 2 aliphatic heterocycles. The van der Waals surface area contributed by atoms with Crippen molar-refractivity contribution >= 4 is 23.5 Å². The van der Waals surface area contributed by atoms with Crippen LogP contribution in [-0.2, 0) is 22.6 Å². The third-order valence-corrected chi connectivity index (χ3v) is 8.38. The smallest absolute Gasteiger partial charge is 0.337 e. The van der Waals surface area contributed by atoms with Crippen LogP contribution in [0, 0.1) is 0 Å². The summed E-state index contributed by atoms with van der Waals surface area (Å²) in [5, 5.41) is 9.60. The van der Waals surface area contributed by atoms with E-state index < -0.39 is 5.97 Å². The first-order chi connectivity index (χ1) is 19.4. The Kier molecular flexibility index (Phi) is 7.78. The number of carboxylic acids is 1. The van der Waals surface area contributed by atoms with Gasteiger partial charge in [0.15, 0.2) is 6.29 Å². The van der Waals surface area contributed by atoms with E-state index in [1.165, 1.54) is 0 Å². The van der Waals surface area contributed by atoms with Crippen molar-refractivity contribution in [2.24, 2.45) is 0 Å². The average molecular weight is 562 g/mol. The molecule has 8 heteroatoms. The van der Waals surface area contributed by atoms with Gasteiger partial charge in [0.25, 0.3) is 5.91 Å². The molecule has 40 heavy (non-hydrogen) atoms. The van der Waals surface area contributed by atoms with Gasteiger partial charge in [-0.05, 0) is 97.2 Å². The van der Waals surface area contributed by atoms with Crippen LogP contribution in [0.4, 0.5) is 0 Å². The highest BCUT2D eigenvalue weighted by Crippen LogP contribution is 2.35. The SMILES string of the molecule is O=C(O)c1cc(-c2cccc(COc3ccc4c(c3)CN(C3CCC(OC5CCCCO5)C3)C4=O)c2)ccc1Cl. The second kappa shape index (κ2) is 11.6. The van der Waals surface area contributed by atoms with Crippen molar-refractivity contribution in [1.29, 1.82) is 0 Å². The van der Waals surface area contributed by atoms with E-state index in [4.69, 9.17) is 25.8 Å². The van der Waals surface area contributed by atoms with Gasteiger partial charge in [-0.3, -0.25) is 4.79 Å².